The molecule has 0 amide bonds. The number of nitrogens with zero attached hydrogens (tertiary/aromatic N) is 2. The van der Waals surface area contributed by atoms with E-state index in [2.05, 4.69) is 29.0 Å². The third kappa shape index (κ3) is 11.0. The normalized spacial score (nSPS) is 16.0. The van der Waals surface area contributed by atoms with Crippen molar-refractivity contribution in [3.8, 4) is 17.2 Å². The maximum Gasteiger partial charge on any atom is 0.343 e. The molecule has 1 aromatic heterocycles. The van der Waals surface area contributed by atoms with Crippen molar-refractivity contribution in [2.24, 2.45) is 16.9 Å². The molecule has 0 atom stereocenters. The van der Waals surface area contributed by atoms with Crippen LogP contribution in [0.4, 0.5) is 5.13 Å². The van der Waals surface area contributed by atoms with Crippen molar-refractivity contribution in [3.05, 3.63) is 90.5 Å². The van der Waals surface area contributed by atoms with Crippen molar-refractivity contribution in [2.75, 3.05) is 25.2 Å². The molecule has 0 saturated heterocycles. The van der Waals surface area contributed by atoms with Crippen LogP contribution < -0.4 is 19.6 Å². The van der Waals surface area contributed by atoms with E-state index in [-0.39, 0.29) is 17.6 Å². The number of hydrogen-bond donors (Lipinski definition) is 1. The van der Waals surface area contributed by atoms with E-state index in [0.29, 0.717) is 46.9 Å². The lowest BCUT2D eigenvalue weighted by Gasteiger charge is -2.26. The Hall–Kier alpha value is -4.54. The number of thiazole rings is 1. The molecule has 258 valence electrons. The number of para-hydroxylation sites is 1. The number of rotatable bonds is 18. The predicted molar refractivity (Wildman–Crippen MR) is 195 cm³/mol. The fourth-order valence-electron chi connectivity index (χ4n) is 5.73. The quantitative estimate of drug-likeness (QED) is 0.0276. The first kappa shape index (κ1) is 35.8. The number of nitrogens with one attached hydrogen (secondary N) is 1. The average molecular weight is 684 g/mol. The van der Waals surface area contributed by atoms with Gasteiger partial charge in [-0.1, -0.05) is 49.3 Å². The minimum atomic E-state index is -0.531. The summed E-state index contributed by atoms with van der Waals surface area (Å²) in [5.74, 6) is 1.14. The molecule has 0 unspecified atom stereocenters. The number of carbonyl (C=O) groups is 2. The Labute approximate surface area is 292 Å². The Morgan fingerprint density at radius 2 is 1.69 bits per heavy atom. The van der Waals surface area contributed by atoms with E-state index in [0.717, 1.165) is 74.6 Å². The number of hydrazone groups is 1. The van der Waals surface area contributed by atoms with E-state index >= 15 is 0 Å². The molecule has 0 spiro atoms. The third-order valence-corrected chi connectivity index (χ3v) is 9.54. The van der Waals surface area contributed by atoms with Gasteiger partial charge in [-0.05, 0) is 105 Å². The SMILES string of the molecule is C=CCOCCCCCCOc1ccc(C(=O)Oc2ccc(OC(=O)C3CCC(CC)CC3)cc2C=NNc2nc3ccccc3s2)cc1. The summed E-state index contributed by atoms with van der Waals surface area (Å²) in [7, 11) is 0. The number of ether oxygens (including phenoxy) is 4. The summed E-state index contributed by atoms with van der Waals surface area (Å²) in [6.45, 7) is 7.78. The fourth-order valence-corrected chi connectivity index (χ4v) is 6.54. The minimum absolute atomic E-state index is 0.113. The highest BCUT2D eigenvalue weighted by atomic mass is 32.1. The number of benzene rings is 3. The standard InChI is InChI=1S/C39H45N3O6S/c1-3-23-45-24-9-5-6-10-25-46-32-19-17-30(18-20-32)38(44)48-35-22-21-33(47-37(43)29-15-13-28(4-2)14-16-29)26-31(35)27-40-42-39-41-34-11-7-8-12-36(34)49-39/h3,7-8,11-12,17-22,26-29H,1,4-6,9-10,13-16,23-25H2,2H3,(H,41,42). The molecule has 4 aromatic rings. The van der Waals surface area contributed by atoms with E-state index < -0.39 is 5.97 Å². The molecule has 49 heavy (non-hydrogen) atoms. The maximum atomic E-state index is 13.2. The summed E-state index contributed by atoms with van der Waals surface area (Å²) in [6, 6.07) is 19.6. The van der Waals surface area contributed by atoms with Crippen LogP contribution in [-0.4, -0.2) is 43.0 Å². The predicted octanol–water partition coefficient (Wildman–Crippen LogP) is 9.23. The molecule has 1 fully saturated rings. The highest BCUT2D eigenvalue weighted by Crippen LogP contribution is 2.33. The van der Waals surface area contributed by atoms with Gasteiger partial charge in [0.15, 0.2) is 0 Å². The first-order chi connectivity index (χ1) is 24.0. The van der Waals surface area contributed by atoms with Gasteiger partial charge in [0.1, 0.15) is 17.2 Å². The van der Waals surface area contributed by atoms with Gasteiger partial charge >= 0.3 is 11.9 Å². The molecular weight excluding hydrogens is 639 g/mol. The smallest absolute Gasteiger partial charge is 0.343 e. The monoisotopic (exact) mass is 683 g/mol. The van der Waals surface area contributed by atoms with Crippen LogP contribution in [0.25, 0.3) is 10.2 Å². The van der Waals surface area contributed by atoms with Gasteiger partial charge in [0.25, 0.3) is 0 Å². The second kappa shape index (κ2) is 18.9. The first-order valence-corrected chi connectivity index (χ1v) is 18.0. The lowest BCUT2D eigenvalue weighted by atomic mass is 9.81. The highest BCUT2D eigenvalue weighted by molar-refractivity contribution is 7.22. The van der Waals surface area contributed by atoms with Gasteiger partial charge in [-0.2, -0.15) is 5.10 Å². The molecule has 1 heterocycles. The number of fused-ring (bicyclic) bond motifs is 1. The second-order valence-electron chi connectivity index (χ2n) is 12.1. The largest absolute Gasteiger partial charge is 0.494 e. The molecule has 0 radical (unpaired) electrons. The van der Waals surface area contributed by atoms with Crippen molar-refractivity contribution < 1.29 is 28.5 Å². The summed E-state index contributed by atoms with van der Waals surface area (Å²) in [6.07, 6.45) is 12.3. The molecule has 9 nitrogen and oxygen atoms in total. The minimum Gasteiger partial charge on any atom is -0.494 e. The van der Waals surface area contributed by atoms with Crippen molar-refractivity contribution in [2.45, 2.75) is 64.7 Å². The first-order valence-electron chi connectivity index (χ1n) is 17.2. The van der Waals surface area contributed by atoms with Gasteiger partial charge in [0.05, 0.1) is 41.1 Å². The lowest BCUT2D eigenvalue weighted by molar-refractivity contribution is -0.140. The van der Waals surface area contributed by atoms with Crippen LogP contribution in [0.15, 0.2) is 84.5 Å². The third-order valence-electron chi connectivity index (χ3n) is 8.59. The topological polar surface area (TPSA) is 108 Å². The van der Waals surface area contributed by atoms with Crippen molar-refractivity contribution in [3.63, 3.8) is 0 Å². The number of anilines is 1. The summed E-state index contributed by atoms with van der Waals surface area (Å²) in [5.41, 5.74) is 4.68. The van der Waals surface area contributed by atoms with E-state index in [1.54, 1.807) is 48.5 Å². The van der Waals surface area contributed by atoms with Crippen LogP contribution in [0, 0.1) is 11.8 Å². The van der Waals surface area contributed by atoms with Crippen LogP contribution >= 0.6 is 11.3 Å². The van der Waals surface area contributed by atoms with Crippen LogP contribution in [0.5, 0.6) is 17.2 Å². The van der Waals surface area contributed by atoms with E-state index in [1.807, 2.05) is 24.3 Å². The van der Waals surface area contributed by atoms with Crippen molar-refractivity contribution in [1.82, 2.24) is 4.98 Å². The zero-order valence-electron chi connectivity index (χ0n) is 28.1. The average Bonchev–Trinajstić information content (AvgIpc) is 3.55. The Morgan fingerprint density at radius 1 is 0.939 bits per heavy atom. The summed E-state index contributed by atoms with van der Waals surface area (Å²) >= 11 is 1.48. The Morgan fingerprint density at radius 3 is 2.45 bits per heavy atom. The Kier molecular flexibility index (Phi) is 13.8. The lowest BCUT2D eigenvalue weighted by Crippen LogP contribution is -2.25. The number of hydrogen-bond acceptors (Lipinski definition) is 10. The van der Waals surface area contributed by atoms with Crippen LogP contribution in [-0.2, 0) is 9.53 Å². The van der Waals surface area contributed by atoms with Crippen LogP contribution in [0.1, 0.15) is 80.6 Å². The van der Waals surface area contributed by atoms with Gasteiger partial charge in [0, 0.05) is 12.2 Å². The summed E-state index contributed by atoms with van der Waals surface area (Å²) < 4.78 is 23.9. The van der Waals surface area contributed by atoms with Crippen LogP contribution in [0.3, 0.4) is 0 Å². The molecule has 3 aromatic carbocycles. The molecule has 1 saturated carbocycles. The van der Waals surface area contributed by atoms with Crippen molar-refractivity contribution >= 4 is 44.8 Å². The molecule has 1 N–H and O–H groups in total. The fraction of sp³-hybridized carbons (Fsp3) is 0.385. The van der Waals surface area contributed by atoms with E-state index in [4.69, 9.17) is 18.9 Å². The number of carbonyl (C=O) groups excluding carboxylic acids is 2. The molecule has 0 bridgehead atoms. The van der Waals surface area contributed by atoms with E-state index in [1.165, 1.54) is 17.6 Å². The van der Waals surface area contributed by atoms with Gasteiger partial charge in [0.2, 0.25) is 5.13 Å². The highest BCUT2D eigenvalue weighted by Gasteiger charge is 2.27. The van der Waals surface area contributed by atoms with Gasteiger partial charge in [-0.3, -0.25) is 10.2 Å². The van der Waals surface area contributed by atoms with Gasteiger partial charge in [-0.25, -0.2) is 9.78 Å². The van der Waals surface area contributed by atoms with E-state index in [9.17, 15) is 9.59 Å². The maximum absolute atomic E-state index is 13.2. The molecular formula is C39H45N3O6S. The molecule has 1 aliphatic rings. The zero-order chi connectivity index (χ0) is 34.3. The Balaban J connectivity index is 1.20. The number of unbranched alkanes of at least 4 members (excludes halogenated alkanes) is 3. The molecule has 0 aliphatic heterocycles. The molecule has 5 rings (SSSR count). The van der Waals surface area contributed by atoms with Crippen LogP contribution in [0.2, 0.25) is 0 Å². The van der Waals surface area contributed by atoms with Gasteiger partial charge in [-0.15, -0.1) is 6.58 Å². The number of aromatic nitrogens is 1. The van der Waals surface area contributed by atoms with Crippen molar-refractivity contribution in [1.29, 1.82) is 0 Å². The molecule has 1 aliphatic carbocycles. The number of esters is 2. The molecule has 10 heteroatoms. The van der Waals surface area contributed by atoms with Gasteiger partial charge < -0.3 is 18.9 Å². The summed E-state index contributed by atoms with van der Waals surface area (Å²) in [4.78, 5) is 30.7. The second-order valence-corrected chi connectivity index (χ2v) is 13.2. The Bertz CT molecular complexity index is 1660. The summed E-state index contributed by atoms with van der Waals surface area (Å²) in [5, 5.41) is 4.99. The zero-order valence-corrected chi connectivity index (χ0v) is 28.9.